The Morgan fingerprint density at radius 3 is 2.54 bits per heavy atom. The molecule has 0 bridgehead atoms. The number of pyridine rings is 1. The van der Waals surface area contributed by atoms with Gasteiger partial charge in [-0.05, 0) is 57.6 Å². The van der Waals surface area contributed by atoms with E-state index in [4.69, 9.17) is 4.74 Å². The third kappa shape index (κ3) is 5.69. The first-order valence-electron chi connectivity index (χ1n) is 10.5. The number of alkyl carbamates (subject to hydrolysis) is 1. The van der Waals surface area contributed by atoms with Crippen molar-refractivity contribution in [3.05, 3.63) is 30.1 Å². The van der Waals surface area contributed by atoms with E-state index in [9.17, 15) is 9.59 Å². The van der Waals surface area contributed by atoms with E-state index in [-0.39, 0.29) is 17.7 Å². The van der Waals surface area contributed by atoms with Crippen LogP contribution < -0.4 is 10.6 Å². The Labute approximate surface area is 167 Å². The van der Waals surface area contributed by atoms with Crippen molar-refractivity contribution in [2.75, 3.05) is 6.54 Å². The molecule has 0 aromatic carbocycles. The Morgan fingerprint density at radius 1 is 1.21 bits per heavy atom. The molecule has 2 aliphatic rings. The number of nitrogens with one attached hydrogen (secondary N) is 2. The number of rotatable bonds is 5. The fourth-order valence-corrected chi connectivity index (χ4v) is 4.11. The highest BCUT2D eigenvalue weighted by Gasteiger charge is 2.45. The molecule has 2 saturated carbocycles. The van der Waals surface area contributed by atoms with Crippen LogP contribution in [0.3, 0.4) is 0 Å². The predicted octanol–water partition coefficient (Wildman–Crippen LogP) is 3.92. The van der Waals surface area contributed by atoms with Crippen LogP contribution in [-0.2, 0) is 9.53 Å². The van der Waals surface area contributed by atoms with Crippen LogP contribution in [0.25, 0.3) is 0 Å². The van der Waals surface area contributed by atoms with Crippen LogP contribution in [0.5, 0.6) is 0 Å². The summed E-state index contributed by atoms with van der Waals surface area (Å²) in [4.78, 5) is 29.3. The second kappa shape index (κ2) is 8.50. The minimum absolute atomic E-state index is 0.00792. The van der Waals surface area contributed by atoms with Crippen molar-refractivity contribution in [1.29, 1.82) is 0 Å². The summed E-state index contributed by atoms with van der Waals surface area (Å²) in [5, 5.41) is 6.22. The van der Waals surface area contributed by atoms with Crippen molar-refractivity contribution < 1.29 is 14.3 Å². The Hall–Kier alpha value is -2.11. The molecule has 3 rings (SSSR count). The Morgan fingerprint density at radius 2 is 1.93 bits per heavy atom. The summed E-state index contributed by atoms with van der Waals surface area (Å²) in [5.74, 6) is 0.342. The SMILES string of the molecule is CC(C)(C)OC(=O)NC1(CNC(=O)C2CC2c2cccnc2)CCCCCC1. The lowest BCUT2D eigenvalue weighted by Crippen LogP contribution is -2.56. The second-order valence-corrected chi connectivity index (χ2v) is 9.27. The van der Waals surface area contributed by atoms with Gasteiger partial charge in [0.1, 0.15) is 5.60 Å². The van der Waals surface area contributed by atoms with Gasteiger partial charge >= 0.3 is 6.09 Å². The Kier molecular flexibility index (Phi) is 6.26. The fourth-order valence-electron chi connectivity index (χ4n) is 4.11. The van der Waals surface area contributed by atoms with Gasteiger partial charge in [-0.25, -0.2) is 4.79 Å². The molecule has 0 radical (unpaired) electrons. The lowest BCUT2D eigenvalue weighted by molar-refractivity contribution is -0.122. The first kappa shape index (κ1) is 20.6. The lowest BCUT2D eigenvalue weighted by atomic mass is 9.90. The van der Waals surface area contributed by atoms with Gasteiger partial charge in [-0.15, -0.1) is 0 Å². The van der Waals surface area contributed by atoms with E-state index in [1.54, 1.807) is 6.20 Å². The maximum atomic E-state index is 12.7. The number of ether oxygens (including phenoxy) is 1. The van der Waals surface area contributed by atoms with E-state index in [2.05, 4.69) is 15.6 Å². The molecule has 6 heteroatoms. The molecule has 0 spiro atoms. The summed E-state index contributed by atoms with van der Waals surface area (Å²) in [6, 6.07) is 3.94. The van der Waals surface area contributed by atoms with E-state index in [1.165, 1.54) is 0 Å². The molecule has 2 aliphatic carbocycles. The Bertz CT molecular complexity index is 676. The topological polar surface area (TPSA) is 80.3 Å². The first-order chi connectivity index (χ1) is 13.3. The second-order valence-electron chi connectivity index (χ2n) is 9.27. The van der Waals surface area contributed by atoms with Gasteiger partial charge in [0, 0.05) is 24.9 Å². The quantitative estimate of drug-likeness (QED) is 0.751. The molecule has 6 nitrogen and oxygen atoms in total. The van der Waals surface area contributed by atoms with Gasteiger partial charge in [-0.1, -0.05) is 31.7 Å². The average molecular weight is 388 g/mol. The van der Waals surface area contributed by atoms with E-state index in [0.717, 1.165) is 50.5 Å². The minimum atomic E-state index is -0.537. The maximum Gasteiger partial charge on any atom is 0.408 e. The molecule has 2 unspecified atom stereocenters. The molecule has 28 heavy (non-hydrogen) atoms. The predicted molar refractivity (Wildman–Crippen MR) is 108 cm³/mol. The number of nitrogens with zero attached hydrogens (tertiary/aromatic N) is 1. The summed E-state index contributed by atoms with van der Waals surface area (Å²) < 4.78 is 5.48. The third-order valence-electron chi connectivity index (χ3n) is 5.67. The summed E-state index contributed by atoms with van der Waals surface area (Å²) >= 11 is 0. The lowest BCUT2D eigenvalue weighted by Gasteiger charge is -2.35. The molecule has 2 fully saturated rings. The van der Waals surface area contributed by atoms with Crippen LogP contribution in [-0.4, -0.2) is 34.7 Å². The number of aromatic nitrogens is 1. The molecule has 154 valence electrons. The number of carbonyl (C=O) groups excluding carboxylic acids is 2. The van der Waals surface area contributed by atoms with Crippen LogP contribution in [0.4, 0.5) is 4.79 Å². The molecule has 2 atom stereocenters. The number of hydrogen-bond donors (Lipinski definition) is 2. The van der Waals surface area contributed by atoms with Gasteiger partial charge in [-0.2, -0.15) is 0 Å². The largest absolute Gasteiger partial charge is 0.444 e. The number of amides is 2. The summed E-state index contributed by atoms with van der Waals surface area (Å²) in [5.41, 5.74) is 0.163. The number of hydrogen-bond acceptors (Lipinski definition) is 4. The fraction of sp³-hybridized carbons (Fsp3) is 0.682. The summed E-state index contributed by atoms with van der Waals surface area (Å²) in [6.45, 7) is 6.04. The van der Waals surface area contributed by atoms with Crippen LogP contribution in [0.1, 0.15) is 77.2 Å². The van der Waals surface area contributed by atoms with Crippen molar-refractivity contribution >= 4 is 12.0 Å². The van der Waals surface area contributed by atoms with Gasteiger partial charge < -0.3 is 15.4 Å². The summed E-state index contributed by atoms with van der Waals surface area (Å²) in [6.07, 6.45) is 10.2. The molecular formula is C22H33N3O3. The molecule has 2 amide bonds. The molecule has 0 aliphatic heterocycles. The molecule has 1 aromatic rings. The normalized spacial score (nSPS) is 24.0. The highest BCUT2D eigenvalue weighted by Crippen LogP contribution is 2.47. The zero-order valence-electron chi connectivity index (χ0n) is 17.3. The van der Waals surface area contributed by atoms with E-state index >= 15 is 0 Å². The standard InChI is InChI=1S/C22H33N3O3/c1-21(2,3)28-20(27)25-22(10-6-4-5-7-11-22)15-24-19(26)18-13-17(18)16-9-8-12-23-14-16/h8-9,12,14,17-18H,4-7,10-11,13,15H2,1-3H3,(H,24,26)(H,25,27). The number of carbonyl (C=O) groups is 2. The van der Waals surface area contributed by atoms with E-state index in [1.807, 2.05) is 39.1 Å². The van der Waals surface area contributed by atoms with Gasteiger partial charge in [0.15, 0.2) is 0 Å². The third-order valence-corrected chi connectivity index (χ3v) is 5.67. The van der Waals surface area contributed by atoms with E-state index < -0.39 is 17.2 Å². The minimum Gasteiger partial charge on any atom is -0.444 e. The average Bonchev–Trinajstić information content (AvgIpc) is 3.44. The van der Waals surface area contributed by atoms with Crippen LogP contribution >= 0.6 is 0 Å². The van der Waals surface area contributed by atoms with Crippen molar-refractivity contribution in [1.82, 2.24) is 15.6 Å². The molecule has 1 aromatic heterocycles. The molecular weight excluding hydrogens is 354 g/mol. The highest BCUT2D eigenvalue weighted by atomic mass is 16.6. The monoisotopic (exact) mass is 387 g/mol. The zero-order valence-corrected chi connectivity index (χ0v) is 17.3. The Balaban J connectivity index is 1.58. The van der Waals surface area contributed by atoms with Gasteiger partial charge in [0.05, 0.1) is 5.54 Å². The highest BCUT2D eigenvalue weighted by molar-refractivity contribution is 5.83. The first-order valence-corrected chi connectivity index (χ1v) is 10.5. The van der Waals surface area contributed by atoms with Crippen molar-refractivity contribution in [2.45, 2.75) is 82.8 Å². The van der Waals surface area contributed by atoms with Crippen molar-refractivity contribution in [3.63, 3.8) is 0 Å². The van der Waals surface area contributed by atoms with Crippen molar-refractivity contribution in [2.24, 2.45) is 5.92 Å². The van der Waals surface area contributed by atoms with Gasteiger partial charge in [0.25, 0.3) is 0 Å². The van der Waals surface area contributed by atoms with Gasteiger partial charge in [0.2, 0.25) is 5.91 Å². The van der Waals surface area contributed by atoms with E-state index in [0.29, 0.717) is 6.54 Å². The smallest absolute Gasteiger partial charge is 0.408 e. The molecule has 1 heterocycles. The zero-order chi connectivity index (χ0) is 20.2. The van der Waals surface area contributed by atoms with Crippen LogP contribution in [0, 0.1) is 5.92 Å². The summed E-state index contributed by atoms with van der Waals surface area (Å²) in [7, 11) is 0. The van der Waals surface area contributed by atoms with Crippen molar-refractivity contribution in [3.8, 4) is 0 Å². The van der Waals surface area contributed by atoms with Crippen LogP contribution in [0.15, 0.2) is 24.5 Å². The molecule has 2 N–H and O–H groups in total. The molecule has 0 saturated heterocycles. The van der Waals surface area contributed by atoms with Crippen LogP contribution in [0.2, 0.25) is 0 Å². The maximum absolute atomic E-state index is 12.7. The van der Waals surface area contributed by atoms with Gasteiger partial charge in [-0.3, -0.25) is 9.78 Å².